The quantitative estimate of drug-likeness (QED) is 0.718. The number of para-hydroxylation sites is 1. The lowest BCUT2D eigenvalue weighted by Crippen LogP contribution is -2.41. The van der Waals surface area contributed by atoms with E-state index in [1.165, 1.54) is 0 Å². The van der Waals surface area contributed by atoms with E-state index in [1.807, 2.05) is 61.0 Å². The third-order valence-corrected chi connectivity index (χ3v) is 3.97. The number of benzene rings is 1. The van der Waals surface area contributed by atoms with Crippen LogP contribution in [0.1, 0.15) is 23.9 Å². The van der Waals surface area contributed by atoms with Gasteiger partial charge in [0, 0.05) is 37.1 Å². The molecular weight excluding hydrogens is 326 g/mol. The van der Waals surface area contributed by atoms with Gasteiger partial charge in [-0.05, 0) is 43.7 Å². The van der Waals surface area contributed by atoms with Gasteiger partial charge >= 0.3 is 6.03 Å². The van der Waals surface area contributed by atoms with Gasteiger partial charge in [-0.3, -0.25) is 4.98 Å². The fourth-order valence-electron chi connectivity index (χ4n) is 2.82. The third-order valence-electron chi connectivity index (χ3n) is 3.97. The van der Waals surface area contributed by atoms with E-state index in [4.69, 9.17) is 0 Å². The Bertz CT molecular complexity index is 845. The van der Waals surface area contributed by atoms with E-state index in [1.54, 1.807) is 12.4 Å². The van der Waals surface area contributed by atoms with Crippen molar-refractivity contribution in [1.29, 1.82) is 0 Å². The van der Waals surface area contributed by atoms with Crippen LogP contribution in [0.25, 0.3) is 5.69 Å². The molecule has 3 rings (SSSR count). The van der Waals surface area contributed by atoms with Crippen LogP contribution in [0, 0.1) is 6.92 Å². The van der Waals surface area contributed by atoms with Gasteiger partial charge in [0.2, 0.25) is 0 Å². The van der Waals surface area contributed by atoms with Crippen molar-refractivity contribution in [3.63, 3.8) is 0 Å². The summed E-state index contributed by atoms with van der Waals surface area (Å²) in [5.74, 6) is 0. The summed E-state index contributed by atoms with van der Waals surface area (Å²) < 4.78 is 1.93. The Labute approximate surface area is 153 Å². The van der Waals surface area contributed by atoms with Crippen molar-refractivity contribution in [2.75, 3.05) is 0 Å². The highest BCUT2D eigenvalue weighted by molar-refractivity contribution is 5.74. The van der Waals surface area contributed by atoms with Crippen LogP contribution in [0.15, 0.2) is 60.9 Å². The number of aryl methyl sites for hydroxylation is 1. The topological polar surface area (TPSA) is 71.8 Å². The van der Waals surface area contributed by atoms with E-state index in [2.05, 4.69) is 26.8 Å². The Hall–Kier alpha value is -3.15. The van der Waals surface area contributed by atoms with Gasteiger partial charge in [-0.25, -0.2) is 9.48 Å². The molecule has 0 bridgehead atoms. The maximum Gasteiger partial charge on any atom is 0.315 e. The van der Waals surface area contributed by atoms with E-state index in [0.717, 1.165) is 22.6 Å². The number of aromatic nitrogens is 3. The molecule has 0 aliphatic rings. The molecule has 0 spiro atoms. The number of carbonyl (C=O) groups excluding carboxylic acids is 1. The van der Waals surface area contributed by atoms with Crippen molar-refractivity contribution in [2.24, 2.45) is 0 Å². The molecule has 2 N–H and O–H groups in total. The SMILES string of the molecule is Cc1cc(CC(C)NC(=O)NCc2cccnc2)n(-c2ccccc2)n1. The summed E-state index contributed by atoms with van der Waals surface area (Å²) in [6.45, 7) is 4.41. The van der Waals surface area contributed by atoms with E-state index in [-0.39, 0.29) is 12.1 Å². The Morgan fingerprint density at radius 1 is 1.19 bits per heavy atom. The number of nitrogens with one attached hydrogen (secondary N) is 2. The number of nitrogens with zero attached hydrogens (tertiary/aromatic N) is 3. The Morgan fingerprint density at radius 3 is 2.73 bits per heavy atom. The van der Waals surface area contributed by atoms with Gasteiger partial charge in [-0.15, -0.1) is 0 Å². The first-order chi connectivity index (χ1) is 12.6. The van der Waals surface area contributed by atoms with E-state index in [9.17, 15) is 4.79 Å². The molecule has 6 nitrogen and oxygen atoms in total. The predicted molar refractivity (Wildman–Crippen MR) is 101 cm³/mol. The van der Waals surface area contributed by atoms with Gasteiger partial charge in [-0.1, -0.05) is 24.3 Å². The number of urea groups is 1. The highest BCUT2D eigenvalue weighted by Gasteiger charge is 2.13. The van der Waals surface area contributed by atoms with Crippen LogP contribution in [0.5, 0.6) is 0 Å². The van der Waals surface area contributed by atoms with Gasteiger partial charge in [-0.2, -0.15) is 5.10 Å². The molecule has 2 amide bonds. The molecule has 3 aromatic rings. The Balaban J connectivity index is 1.58. The molecule has 0 aliphatic heterocycles. The molecule has 0 aliphatic carbocycles. The van der Waals surface area contributed by atoms with Crippen molar-refractivity contribution in [3.8, 4) is 5.69 Å². The van der Waals surface area contributed by atoms with Crippen LogP contribution < -0.4 is 10.6 Å². The largest absolute Gasteiger partial charge is 0.335 e. The number of hydrogen-bond donors (Lipinski definition) is 2. The zero-order valence-electron chi connectivity index (χ0n) is 15.0. The van der Waals surface area contributed by atoms with Crippen LogP contribution in [0.3, 0.4) is 0 Å². The lowest BCUT2D eigenvalue weighted by atomic mass is 10.1. The zero-order chi connectivity index (χ0) is 18.4. The first-order valence-electron chi connectivity index (χ1n) is 8.66. The van der Waals surface area contributed by atoms with Crippen molar-refractivity contribution >= 4 is 6.03 Å². The molecule has 0 saturated heterocycles. The van der Waals surface area contributed by atoms with Crippen LogP contribution >= 0.6 is 0 Å². The first kappa shape index (κ1) is 17.7. The minimum Gasteiger partial charge on any atom is -0.335 e. The maximum atomic E-state index is 12.1. The van der Waals surface area contributed by atoms with Gasteiger partial charge in [0.1, 0.15) is 0 Å². The highest BCUT2D eigenvalue weighted by atomic mass is 16.2. The smallest absolute Gasteiger partial charge is 0.315 e. The normalized spacial score (nSPS) is 11.8. The van der Waals surface area contributed by atoms with E-state index in [0.29, 0.717) is 13.0 Å². The fraction of sp³-hybridized carbons (Fsp3) is 0.250. The van der Waals surface area contributed by atoms with E-state index < -0.39 is 0 Å². The predicted octanol–water partition coefficient (Wildman–Crippen LogP) is 3.01. The summed E-state index contributed by atoms with van der Waals surface area (Å²) in [4.78, 5) is 16.2. The summed E-state index contributed by atoms with van der Waals surface area (Å²) in [5, 5.41) is 10.4. The number of amides is 2. The van der Waals surface area contributed by atoms with Gasteiger partial charge in [0.15, 0.2) is 0 Å². The van der Waals surface area contributed by atoms with Crippen LogP contribution in [-0.4, -0.2) is 26.8 Å². The van der Waals surface area contributed by atoms with Crippen LogP contribution in [-0.2, 0) is 13.0 Å². The molecule has 26 heavy (non-hydrogen) atoms. The Morgan fingerprint density at radius 2 is 2.00 bits per heavy atom. The average molecular weight is 349 g/mol. The molecule has 0 fully saturated rings. The number of rotatable bonds is 6. The van der Waals surface area contributed by atoms with Crippen molar-refractivity contribution in [3.05, 3.63) is 77.9 Å². The van der Waals surface area contributed by atoms with Crippen LogP contribution in [0.2, 0.25) is 0 Å². The van der Waals surface area contributed by atoms with Gasteiger partial charge < -0.3 is 10.6 Å². The summed E-state index contributed by atoms with van der Waals surface area (Å²) >= 11 is 0. The lowest BCUT2D eigenvalue weighted by molar-refractivity contribution is 0.237. The number of hydrogen-bond acceptors (Lipinski definition) is 3. The molecule has 1 unspecified atom stereocenters. The molecule has 1 aromatic carbocycles. The summed E-state index contributed by atoms with van der Waals surface area (Å²) in [6, 6.07) is 15.6. The maximum absolute atomic E-state index is 12.1. The summed E-state index contributed by atoms with van der Waals surface area (Å²) in [6.07, 6.45) is 4.14. The summed E-state index contributed by atoms with van der Waals surface area (Å²) in [7, 11) is 0. The summed E-state index contributed by atoms with van der Waals surface area (Å²) in [5.41, 5.74) is 4.00. The van der Waals surface area contributed by atoms with Crippen molar-refractivity contribution < 1.29 is 4.79 Å². The third kappa shape index (κ3) is 4.69. The lowest BCUT2D eigenvalue weighted by Gasteiger charge is -2.15. The second kappa shape index (κ2) is 8.29. The standard InChI is InChI=1S/C20H23N5O/c1-15(23-20(26)22-14-17-7-6-10-21-13-17)11-19-12-16(2)24-25(19)18-8-4-3-5-9-18/h3-10,12-13,15H,11,14H2,1-2H3,(H2,22,23,26). The molecule has 2 heterocycles. The minimum atomic E-state index is -0.191. The highest BCUT2D eigenvalue weighted by Crippen LogP contribution is 2.14. The monoisotopic (exact) mass is 349 g/mol. The average Bonchev–Trinajstić information content (AvgIpc) is 3.01. The molecule has 0 radical (unpaired) electrons. The number of pyridine rings is 1. The molecule has 6 heteroatoms. The second-order valence-corrected chi connectivity index (χ2v) is 6.32. The van der Waals surface area contributed by atoms with Gasteiger partial charge in [0.05, 0.1) is 11.4 Å². The minimum absolute atomic E-state index is 0.0255. The Kier molecular flexibility index (Phi) is 5.63. The molecule has 2 aromatic heterocycles. The molecule has 1 atom stereocenters. The number of carbonyl (C=O) groups is 1. The van der Waals surface area contributed by atoms with E-state index >= 15 is 0 Å². The molecule has 134 valence electrons. The van der Waals surface area contributed by atoms with Gasteiger partial charge in [0.25, 0.3) is 0 Å². The van der Waals surface area contributed by atoms with Crippen molar-refractivity contribution in [1.82, 2.24) is 25.4 Å². The molecular formula is C20H23N5O. The van der Waals surface area contributed by atoms with Crippen molar-refractivity contribution in [2.45, 2.75) is 32.9 Å². The zero-order valence-corrected chi connectivity index (χ0v) is 15.0. The van der Waals surface area contributed by atoms with Crippen LogP contribution in [0.4, 0.5) is 4.79 Å². The second-order valence-electron chi connectivity index (χ2n) is 6.32. The first-order valence-corrected chi connectivity index (χ1v) is 8.66. The molecule has 0 saturated carbocycles. The fourth-order valence-corrected chi connectivity index (χ4v) is 2.82.